The number of ether oxygens (including phenoxy) is 1. The van der Waals surface area contributed by atoms with E-state index >= 15 is 0 Å². The van der Waals surface area contributed by atoms with E-state index < -0.39 is 0 Å². The molecule has 0 amide bonds. The maximum Gasteiger partial charge on any atom is 0.170 e. The summed E-state index contributed by atoms with van der Waals surface area (Å²) in [6, 6.07) is 14.0. The molecule has 4 nitrogen and oxygen atoms in total. The zero-order chi connectivity index (χ0) is 18.4. The van der Waals surface area contributed by atoms with Crippen LogP contribution in [0.2, 0.25) is 0 Å². The average Bonchev–Trinajstić information content (AvgIpc) is 2.59. The fraction of sp³-hybridized carbons (Fsp3) is 0.333. The Morgan fingerprint density at radius 2 is 1.36 bits per heavy atom. The third-order valence-corrected chi connectivity index (χ3v) is 3.93. The van der Waals surface area contributed by atoms with Gasteiger partial charge in [0.15, 0.2) is 11.6 Å². The maximum atomic E-state index is 12.3. The third kappa shape index (κ3) is 5.26. The molecule has 0 saturated carbocycles. The van der Waals surface area contributed by atoms with Gasteiger partial charge in [-0.15, -0.1) is 0 Å². The number of carbonyl (C=O) groups excluding carboxylic acids is 2. The number of carbonyl (C=O) groups is 2. The van der Waals surface area contributed by atoms with E-state index in [0.29, 0.717) is 16.9 Å². The predicted molar refractivity (Wildman–Crippen MR) is 97.4 cm³/mol. The van der Waals surface area contributed by atoms with Crippen LogP contribution in [0.1, 0.15) is 53.5 Å². The maximum absolute atomic E-state index is 12.3. The summed E-state index contributed by atoms with van der Waals surface area (Å²) in [7, 11) is 0. The first-order valence-electron chi connectivity index (χ1n) is 8.32. The SMILES string of the molecule is CC(C)(C)c1ccc(C(=O)CC(=O)c2ccc(OCCO)cc2)cc1. The van der Waals surface area contributed by atoms with E-state index in [4.69, 9.17) is 9.84 Å². The van der Waals surface area contributed by atoms with Crippen molar-refractivity contribution < 1.29 is 19.4 Å². The Morgan fingerprint density at radius 3 is 1.80 bits per heavy atom. The molecule has 4 heteroatoms. The highest BCUT2D eigenvalue weighted by molar-refractivity contribution is 6.13. The summed E-state index contributed by atoms with van der Waals surface area (Å²) in [6.07, 6.45) is -0.161. The summed E-state index contributed by atoms with van der Waals surface area (Å²) < 4.78 is 5.25. The quantitative estimate of drug-likeness (QED) is 0.615. The summed E-state index contributed by atoms with van der Waals surface area (Å²) >= 11 is 0. The highest BCUT2D eigenvalue weighted by Crippen LogP contribution is 2.22. The third-order valence-electron chi connectivity index (χ3n) is 3.93. The van der Waals surface area contributed by atoms with Gasteiger partial charge in [0.1, 0.15) is 12.4 Å². The molecule has 0 unspecified atom stereocenters. The van der Waals surface area contributed by atoms with Crippen LogP contribution in [-0.4, -0.2) is 29.9 Å². The molecule has 0 radical (unpaired) electrons. The molecule has 0 heterocycles. The Bertz CT molecular complexity index is 722. The Labute approximate surface area is 148 Å². The van der Waals surface area contributed by atoms with Crippen molar-refractivity contribution in [3.63, 3.8) is 0 Å². The van der Waals surface area contributed by atoms with Crippen LogP contribution in [0.3, 0.4) is 0 Å². The van der Waals surface area contributed by atoms with Crippen LogP contribution in [0.25, 0.3) is 0 Å². The molecular weight excluding hydrogens is 316 g/mol. The molecule has 0 bridgehead atoms. The van der Waals surface area contributed by atoms with Gasteiger partial charge in [-0.3, -0.25) is 9.59 Å². The van der Waals surface area contributed by atoms with Crippen LogP contribution in [0, 0.1) is 0 Å². The molecule has 0 aliphatic heterocycles. The van der Waals surface area contributed by atoms with E-state index in [1.165, 1.54) is 0 Å². The van der Waals surface area contributed by atoms with Crippen LogP contribution in [0.4, 0.5) is 0 Å². The van der Waals surface area contributed by atoms with Crippen LogP contribution >= 0.6 is 0 Å². The van der Waals surface area contributed by atoms with E-state index in [0.717, 1.165) is 5.56 Å². The lowest BCUT2D eigenvalue weighted by Crippen LogP contribution is -2.12. The Kier molecular flexibility index (Phi) is 6.10. The molecule has 0 aromatic heterocycles. The fourth-order valence-electron chi connectivity index (χ4n) is 2.41. The molecule has 0 aliphatic rings. The standard InChI is InChI=1S/C21H24O4/c1-21(2,3)17-8-4-15(5-9-17)19(23)14-20(24)16-6-10-18(11-7-16)25-13-12-22/h4-11,22H,12-14H2,1-3H3. The Hall–Kier alpha value is -2.46. The first kappa shape index (κ1) is 18.9. The van der Waals surface area contributed by atoms with Crippen molar-refractivity contribution in [2.24, 2.45) is 0 Å². The number of aliphatic hydroxyl groups excluding tert-OH is 1. The van der Waals surface area contributed by atoms with E-state index in [-0.39, 0.29) is 36.6 Å². The molecule has 0 saturated heterocycles. The van der Waals surface area contributed by atoms with Gasteiger partial charge < -0.3 is 9.84 Å². The van der Waals surface area contributed by atoms with E-state index in [1.54, 1.807) is 36.4 Å². The molecule has 0 aliphatic carbocycles. The van der Waals surface area contributed by atoms with Gasteiger partial charge in [-0.05, 0) is 35.2 Å². The predicted octanol–water partition coefficient (Wildman–Crippen LogP) is 3.81. The van der Waals surface area contributed by atoms with Gasteiger partial charge in [0.25, 0.3) is 0 Å². The van der Waals surface area contributed by atoms with Gasteiger partial charge >= 0.3 is 0 Å². The minimum Gasteiger partial charge on any atom is -0.491 e. The van der Waals surface area contributed by atoms with E-state index in [1.807, 2.05) is 12.1 Å². The number of ketones is 2. The lowest BCUT2D eigenvalue weighted by molar-refractivity contribution is 0.0894. The Balaban J connectivity index is 2.01. The first-order chi connectivity index (χ1) is 11.8. The van der Waals surface area contributed by atoms with Crippen LogP contribution in [0.5, 0.6) is 5.75 Å². The van der Waals surface area contributed by atoms with Gasteiger partial charge in [0, 0.05) is 11.1 Å². The number of hydrogen-bond donors (Lipinski definition) is 1. The summed E-state index contributed by atoms with van der Waals surface area (Å²) in [6.45, 7) is 6.48. The smallest absolute Gasteiger partial charge is 0.170 e. The number of benzene rings is 2. The van der Waals surface area contributed by atoms with Crippen LogP contribution in [-0.2, 0) is 5.41 Å². The van der Waals surface area contributed by atoms with Gasteiger partial charge in [0.2, 0.25) is 0 Å². The van der Waals surface area contributed by atoms with Gasteiger partial charge in [-0.1, -0.05) is 45.0 Å². The topological polar surface area (TPSA) is 63.6 Å². The molecule has 0 fully saturated rings. The number of Topliss-reactive ketones (excluding diaryl/α,β-unsaturated/α-hetero) is 2. The highest BCUT2D eigenvalue weighted by Gasteiger charge is 2.16. The minimum absolute atomic E-state index is 0.0250. The number of rotatable bonds is 7. The lowest BCUT2D eigenvalue weighted by atomic mass is 9.86. The minimum atomic E-state index is -0.224. The Morgan fingerprint density at radius 1 is 0.880 bits per heavy atom. The van der Waals surface area contributed by atoms with Gasteiger partial charge in [-0.25, -0.2) is 0 Å². The molecule has 132 valence electrons. The molecule has 1 N–H and O–H groups in total. The zero-order valence-electron chi connectivity index (χ0n) is 14.9. The second-order valence-corrected chi connectivity index (χ2v) is 6.95. The summed E-state index contributed by atoms with van der Waals surface area (Å²) in [5, 5.41) is 8.72. The molecule has 25 heavy (non-hydrogen) atoms. The average molecular weight is 340 g/mol. The normalized spacial score (nSPS) is 11.2. The second kappa shape index (κ2) is 8.08. The van der Waals surface area contributed by atoms with Crippen molar-refractivity contribution in [1.29, 1.82) is 0 Å². The molecule has 0 atom stereocenters. The summed E-state index contributed by atoms with van der Waals surface area (Å²) in [5.41, 5.74) is 2.19. The van der Waals surface area contributed by atoms with E-state index in [9.17, 15) is 9.59 Å². The number of aliphatic hydroxyl groups is 1. The van der Waals surface area contributed by atoms with E-state index in [2.05, 4.69) is 20.8 Å². The lowest BCUT2D eigenvalue weighted by Gasteiger charge is -2.18. The fourth-order valence-corrected chi connectivity index (χ4v) is 2.41. The number of hydrogen-bond acceptors (Lipinski definition) is 4. The molecule has 0 spiro atoms. The van der Waals surface area contributed by atoms with Crippen molar-refractivity contribution >= 4 is 11.6 Å². The van der Waals surface area contributed by atoms with Crippen molar-refractivity contribution in [1.82, 2.24) is 0 Å². The van der Waals surface area contributed by atoms with Gasteiger partial charge in [0.05, 0.1) is 13.0 Å². The van der Waals surface area contributed by atoms with Crippen LogP contribution in [0.15, 0.2) is 48.5 Å². The summed E-state index contributed by atoms with van der Waals surface area (Å²) in [5.74, 6) is 0.166. The van der Waals surface area contributed by atoms with Gasteiger partial charge in [-0.2, -0.15) is 0 Å². The first-order valence-corrected chi connectivity index (χ1v) is 8.32. The molecular formula is C21H24O4. The molecule has 2 aromatic rings. The summed E-state index contributed by atoms with van der Waals surface area (Å²) in [4.78, 5) is 24.6. The molecule has 2 rings (SSSR count). The zero-order valence-corrected chi connectivity index (χ0v) is 14.9. The second-order valence-electron chi connectivity index (χ2n) is 6.95. The van der Waals surface area contributed by atoms with Crippen molar-refractivity contribution in [3.05, 3.63) is 65.2 Å². The van der Waals surface area contributed by atoms with Crippen LogP contribution < -0.4 is 4.74 Å². The van der Waals surface area contributed by atoms with Crippen molar-refractivity contribution in [2.45, 2.75) is 32.6 Å². The van der Waals surface area contributed by atoms with Crippen molar-refractivity contribution in [3.8, 4) is 5.75 Å². The largest absolute Gasteiger partial charge is 0.491 e. The monoisotopic (exact) mass is 340 g/mol. The highest BCUT2D eigenvalue weighted by atomic mass is 16.5. The molecule has 2 aromatic carbocycles. The van der Waals surface area contributed by atoms with Crippen molar-refractivity contribution in [2.75, 3.05) is 13.2 Å².